The normalized spacial score (nSPS) is 26.4. The summed E-state index contributed by atoms with van der Waals surface area (Å²) < 4.78 is 1.92. The third kappa shape index (κ3) is 3.07. The highest BCUT2D eigenvalue weighted by Gasteiger charge is 2.39. The number of thioether (sulfide) groups is 1. The molecule has 25 heavy (non-hydrogen) atoms. The number of hydrogen-bond donors (Lipinski definition) is 3. The molecule has 0 spiro atoms. The van der Waals surface area contributed by atoms with Gasteiger partial charge in [0.15, 0.2) is 0 Å². The zero-order valence-electron chi connectivity index (χ0n) is 14.4. The maximum Gasteiger partial charge on any atom is 0.235 e. The Morgan fingerprint density at radius 2 is 2.08 bits per heavy atom. The summed E-state index contributed by atoms with van der Waals surface area (Å²) in [6.45, 7) is 5.02. The first kappa shape index (κ1) is 16.6. The lowest BCUT2D eigenvalue weighted by molar-refractivity contribution is -0.113. The first-order valence-corrected chi connectivity index (χ1v) is 9.72. The van der Waals surface area contributed by atoms with E-state index in [9.17, 15) is 4.79 Å². The number of carbonyl (C=O) groups is 1. The summed E-state index contributed by atoms with van der Waals surface area (Å²) in [5.41, 5.74) is 9.12. The molecule has 0 aliphatic carbocycles. The second kappa shape index (κ2) is 6.82. The molecule has 2 aromatic rings. The monoisotopic (exact) mass is 357 g/mol. The number of nitrogens with zero attached hydrogens (tertiary/aromatic N) is 2. The van der Waals surface area contributed by atoms with Gasteiger partial charge < -0.3 is 5.32 Å². The average molecular weight is 357 g/mol. The molecule has 3 N–H and O–H groups in total. The van der Waals surface area contributed by atoms with Crippen LogP contribution in [0.3, 0.4) is 0 Å². The molecule has 3 atom stereocenters. The molecule has 1 aromatic carbocycles. The second-order valence-electron chi connectivity index (χ2n) is 6.84. The van der Waals surface area contributed by atoms with E-state index in [0.29, 0.717) is 11.7 Å². The summed E-state index contributed by atoms with van der Waals surface area (Å²) in [6.07, 6.45) is 1.93. The predicted octanol–water partition coefficient (Wildman–Crippen LogP) is 2.66. The molecule has 0 saturated carbocycles. The standard InChI is InChI=1S/C18H23N5OS/c1-11(2)23-18-14(9-20-23)17(25-10-15(24)21-18)13-8-19-22-16(13)12-6-4-3-5-7-12/h3-7,9,11,13,16-17,19,22H,8,10H2,1-2H3,(H,21,24). The Morgan fingerprint density at radius 1 is 1.28 bits per heavy atom. The molecule has 3 heterocycles. The van der Waals surface area contributed by atoms with Crippen LogP contribution in [-0.4, -0.2) is 28.0 Å². The molecular formula is C18H23N5OS. The number of nitrogens with one attached hydrogen (secondary N) is 3. The number of rotatable bonds is 3. The van der Waals surface area contributed by atoms with Crippen LogP contribution in [0.2, 0.25) is 0 Å². The minimum Gasteiger partial charge on any atom is -0.310 e. The minimum absolute atomic E-state index is 0.0475. The molecule has 2 aliphatic heterocycles. The van der Waals surface area contributed by atoms with Gasteiger partial charge in [-0.15, -0.1) is 11.8 Å². The van der Waals surface area contributed by atoms with Gasteiger partial charge in [0, 0.05) is 29.3 Å². The third-order valence-electron chi connectivity index (χ3n) is 4.84. The maximum absolute atomic E-state index is 12.2. The smallest absolute Gasteiger partial charge is 0.235 e. The van der Waals surface area contributed by atoms with Crippen molar-refractivity contribution >= 4 is 23.5 Å². The molecule has 1 aromatic heterocycles. The Kier molecular flexibility index (Phi) is 4.54. The van der Waals surface area contributed by atoms with E-state index in [1.54, 1.807) is 11.8 Å². The van der Waals surface area contributed by atoms with Crippen LogP contribution < -0.4 is 16.2 Å². The summed E-state index contributed by atoms with van der Waals surface area (Å²) in [6, 6.07) is 10.9. The van der Waals surface area contributed by atoms with Crippen LogP contribution in [0.4, 0.5) is 5.82 Å². The topological polar surface area (TPSA) is 71.0 Å². The summed E-state index contributed by atoms with van der Waals surface area (Å²) in [4.78, 5) is 12.2. The van der Waals surface area contributed by atoms with E-state index < -0.39 is 0 Å². The third-order valence-corrected chi connectivity index (χ3v) is 6.23. The molecule has 132 valence electrons. The number of hydrazine groups is 1. The van der Waals surface area contributed by atoms with E-state index in [1.807, 2.05) is 16.9 Å². The van der Waals surface area contributed by atoms with Crippen LogP contribution in [0.5, 0.6) is 0 Å². The Morgan fingerprint density at radius 3 is 2.84 bits per heavy atom. The molecule has 0 bridgehead atoms. The van der Waals surface area contributed by atoms with Gasteiger partial charge in [-0.05, 0) is 19.4 Å². The first-order valence-electron chi connectivity index (χ1n) is 8.67. The second-order valence-corrected chi connectivity index (χ2v) is 7.97. The van der Waals surface area contributed by atoms with Crippen molar-refractivity contribution in [2.75, 3.05) is 17.6 Å². The first-order chi connectivity index (χ1) is 12.1. The van der Waals surface area contributed by atoms with Crippen molar-refractivity contribution in [3.63, 3.8) is 0 Å². The Balaban J connectivity index is 1.71. The number of carbonyl (C=O) groups excluding carboxylic acids is 1. The summed E-state index contributed by atoms with van der Waals surface area (Å²) in [5, 5.41) is 7.80. The number of benzene rings is 1. The largest absolute Gasteiger partial charge is 0.310 e. The highest BCUT2D eigenvalue weighted by Crippen LogP contribution is 2.47. The van der Waals surface area contributed by atoms with Crippen molar-refractivity contribution in [1.29, 1.82) is 0 Å². The number of amides is 1. The maximum atomic E-state index is 12.2. The van der Waals surface area contributed by atoms with Crippen molar-refractivity contribution in [3.05, 3.63) is 47.7 Å². The van der Waals surface area contributed by atoms with E-state index in [4.69, 9.17) is 0 Å². The molecule has 6 nitrogen and oxygen atoms in total. The Labute approximate surface area is 151 Å². The lowest BCUT2D eigenvalue weighted by atomic mass is 9.89. The van der Waals surface area contributed by atoms with Crippen LogP contribution >= 0.6 is 11.8 Å². The number of fused-ring (bicyclic) bond motifs is 1. The zero-order chi connectivity index (χ0) is 17.4. The average Bonchev–Trinajstić information content (AvgIpc) is 3.21. The lowest BCUT2D eigenvalue weighted by Crippen LogP contribution is -2.25. The van der Waals surface area contributed by atoms with E-state index in [2.05, 4.69) is 59.4 Å². The number of aromatic nitrogens is 2. The molecule has 4 rings (SSSR count). The molecule has 1 saturated heterocycles. The van der Waals surface area contributed by atoms with Crippen molar-refractivity contribution < 1.29 is 4.79 Å². The molecule has 1 fully saturated rings. The number of anilines is 1. The molecule has 7 heteroatoms. The van der Waals surface area contributed by atoms with Crippen LogP contribution in [0.25, 0.3) is 0 Å². The molecule has 0 radical (unpaired) electrons. The van der Waals surface area contributed by atoms with Crippen molar-refractivity contribution in [1.82, 2.24) is 20.6 Å². The SMILES string of the molecule is CC(C)n1ncc2c1NC(=O)CSC2C1CNNC1c1ccccc1. The van der Waals surface area contributed by atoms with E-state index in [0.717, 1.165) is 17.9 Å². The van der Waals surface area contributed by atoms with Gasteiger partial charge in [0.2, 0.25) is 5.91 Å². The molecular weight excluding hydrogens is 334 g/mol. The van der Waals surface area contributed by atoms with Gasteiger partial charge in [-0.3, -0.25) is 10.2 Å². The highest BCUT2D eigenvalue weighted by atomic mass is 32.2. The van der Waals surface area contributed by atoms with Gasteiger partial charge in [0.25, 0.3) is 0 Å². The zero-order valence-corrected chi connectivity index (χ0v) is 15.2. The molecule has 2 aliphatic rings. The van der Waals surface area contributed by atoms with Gasteiger partial charge in [-0.1, -0.05) is 30.3 Å². The lowest BCUT2D eigenvalue weighted by Gasteiger charge is -2.26. The summed E-state index contributed by atoms with van der Waals surface area (Å²) in [7, 11) is 0. The fraction of sp³-hybridized carbons (Fsp3) is 0.444. The fourth-order valence-electron chi connectivity index (χ4n) is 3.67. The van der Waals surface area contributed by atoms with Crippen LogP contribution in [0.15, 0.2) is 36.5 Å². The van der Waals surface area contributed by atoms with Gasteiger partial charge in [0.1, 0.15) is 5.82 Å². The summed E-state index contributed by atoms with van der Waals surface area (Å²) in [5.74, 6) is 1.71. The van der Waals surface area contributed by atoms with Crippen LogP contribution in [0.1, 0.15) is 42.3 Å². The molecule has 3 unspecified atom stereocenters. The summed E-state index contributed by atoms with van der Waals surface area (Å²) >= 11 is 1.71. The number of hydrogen-bond acceptors (Lipinski definition) is 5. The van der Waals surface area contributed by atoms with Crippen LogP contribution in [0, 0.1) is 5.92 Å². The van der Waals surface area contributed by atoms with E-state index in [1.165, 1.54) is 5.56 Å². The quantitative estimate of drug-likeness (QED) is 0.788. The van der Waals surface area contributed by atoms with E-state index >= 15 is 0 Å². The van der Waals surface area contributed by atoms with Gasteiger partial charge in [-0.25, -0.2) is 10.1 Å². The van der Waals surface area contributed by atoms with Gasteiger partial charge in [-0.2, -0.15) is 5.10 Å². The Hall–Kier alpha value is -1.83. The van der Waals surface area contributed by atoms with Crippen molar-refractivity contribution in [2.45, 2.75) is 31.2 Å². The van der Waals surface area contributed by atoms with Crippen molar-refractivity contribution in [3.8, 4) is 0 Å². The van der Waals surface area contributed by atoms with Crippen LogP contribution in [-0.2, 0) is 4.79 Å². The van der Waals surface area contributed by atoms with Gasteiger partial charge >= 0.3 is 0 Å². The highest BCUT2D eigenvalue weighted by molar-refractivity contribution is 8.00. The van der Waals surface area contributed by atoms with Gasteiger partial charge in [0.05, 0.1) is 18.0 Å². The Bertz CT molecular complexity index is 760. The van der Waals surface area contributed by atoms with E-state index in [-0.39, 0.29) is 23.2 Å². The predicted molar refractivity (Wildman–Crippen MR) is 100 cm³/mol. The van der Waals surface area contributed by atoms with Crippen molar-refractivity contribution in [2.24, 2.45) is 5.92 Å². The fourth-order valence-corrected chi connectivity index (χ4v) is 4.92. The minimum atomic E-state index is 0.0475. The molecule has 1 amide bonds.